The van der Waals surface area contributed by atoms with Gasteiger partial charge in [0.15, 0.2) is 10.8 Å². The molecule has 2 amide bonds. The number of nitrogens with one attached hydrogen (secondary N) is 2. The fourth-order valence-corrected chi connectivity index (χ4v) is 5.18. The van der Waals surface area contributed by atoms with Gasteiger partial charge in [-0.15, -0.1) is 0 Å². The van der Waals surface area contributed by atoms with Gasteiger partial charge in [-0.25, -0.2) is 4.98 Å². The van der Waals surface area contributed by atoms with Gasteiger partial charge in [-0.3, -0.25) is 19.0 Å². The van der Waals surface area contributed by atoms with Crippen molar-refractivity contribution in [1.29, 1.82) is 0 Å². The van der Waals surface area contributed by atoms with Crippen LogP contribution in [0.25, 0.3) is 10.3 Å². The molecule has 10 heteroatoms. The molecule has 9 nitrogen and oxygen atoms in total. The molecule has 1 aromatic carbocycles. The fraction of sp³-hybridized carbons (Fsp3) is 0.480. The minimum Gasteiger partial charge on any atom is -0.354 e. The summed E-state index contributed by atoms with van der Waals surface area (Å²) in [4.78, 5) is 49.1. The van der Waals surface area contributed by atoms with E-state index in [1.54, 1.807) is 0 Å². The van der Waals surface area contributed by atoms with Crippen LogP contribution in [0.2, 0.25) is 0 Å². The van der Waals surface area contributed by atoms with Crippen molar-refractivity contribution < 1.29 is 9.59 Å². The van der Waals surface area contributed by atoms with Crippen LogP contribution in [0.4, 0.5) is 10.8 Å². The first-order valence-electron chi connectivity index (χ1n) is 12.0. The SMILES string of the molecule is CC(C)NC(=O)[C@@H]1CCCN(c2nc3ncn(CC(=O)Nc4cccc(C(C)C)c4)c(=O)c3s2)C1. The Bertz CT molecular complexity index is 1280. The highest BCUT2D eigenvalue weighted by molar-refractivity contribution is 7.22. The van der Waals surface area contributed by atoms with E-state index in [0.29, 0.717) is 33.6 Å². The number of fused-ring (bicyclic) bond motifs is 1. The molecule has 0 unspecified atom stereocenters. The van der Waals surface area contributed by atoms with Gasteiger partial charge in [-0.2, -0.15) is 4.98 Å². The summed E-state index contributed by atoms with van der Waals surface area (Å²) in [5.41, 5.74) is 1.90. The lowest BCUT2D eigenvalue weighted by Crippen LogP contribution is -2.44. The van der Waals surface area contributed by atoms with Gasteiger partial charge in [0.05, 0.1) is 5.92 Å². The first-order chi connectivity index (χ1) is 16.7. The van der Waals surface area contributed by atoms with Gasteiger partial charge in [-0.05, 0) is 50.3 Å². The van der Waals surface area contributed by atoms with E-state index in [-0.39, 0.29) is 35.9 Å². The van der Waals surface area contributed by atoms with Crippen LogP contribution in [0.1, 0.15) is 52.0 Å². The minimum atomic E-state index is -0.297. The van der Waals surface area contributed by atoms with Gasteiger partial charge in [0.2, 0.25) is 11.8 Å². The number of thiazole rings is 1. The highest BCUT2D eigenvalue weighted by atomic mass is 32.1. The summed E-state index contributed by atoms with van der Waals surface area (Å²) >= 11 is 1.26. The Kier molecular flexibility index (Phi) is 7.49. The zero-order valence-electron chi connectivity index (χ0n) is 20.6. The zero-order chi connectivity index (χ0) is 25.1. The molecule has 0 spiro atoms. The minimum absolute atomic E-state index is 0.0521. The molecule has 3 aromatic rings. The van der Waals surface area contributed by atoms with Gasteiger partial charge in [0, 0.05) is 24.8 Å². The van der Waals surface area contributed by atoms with Gasteiger partial charge in [0.1, 0.15) is 17.6 Å². The summed E-state index contributed by atoms with van der Waals surface area (Å²) in [6, 6.07) is 7.79. The summed E-state index contributed by atoms with van der Waals surface area (Å²) in [6.45, 7) is 9.28. The van der Waals surface area contributed by atoms with E-state index in [1.165, 1.54) is 22.2 Å². The number of piperidine rings is 1. The smallest absolute Gasteiger partial charge is 0.273 e. The van der Waals surface area contributed by atoms with E-state index in [1.807, 2.05) is 38.1 Å². The first-order valence-corrected chi connectivity index (χ1v) is 12.8. The second-order valence-corrected chi connectivity index (χ2v) is 10.6. The topological polar surface area (TPSA) is 109 Å². The number of hydrogen-bond donors (Lipinski definition) is 2. The molecule has 1 atom stereocenters. The average molecular weight is 497 g/mol. The van der Waals surface area contributed by atoms with Gasteiger partial charge < -0.3 is 15.5 Å². The second kappa shape index (κ2) is 10.6. The summed E-state index contributed by atoms with van der Waals surface area (Å²) in [5.74, 6) is -0.00721. The van der Waals surface area contributed by atoms with E-state index in [9.17, 15) is 14.4 Å². The molecular formula is C25H32N6O3S. The highest BCUT2D eigenvalue weighted by Crippen LogP contribution is 2.29. The molecule has 1 aliphatic heterocycles. The number of rotatable bonds is 7. The molecule has 1 aliphatic rings. The number of carbonyl (C=O) groups excluding carboxylic acids is 2. The lowest BCUT2D eigenvalue weighted by atomic mass is 9.97. The lowest BCUT2D eigenvalue weighted by Gasteiger charge is -2.32. The lowest BCUT2D eigenvalue weighted by molar-refractivity contribution is -0.125. The maximum absolute atomic E-state index is 13.1. The summed E-state index contributed by atoms with van der Waals surface area (Å²) in [5, 5.41) is 6.53. The molecule has 1 fully saturated rings. The zero-order valence-corrected chi connectivity index (χ0v) is 21.4. The summed E-state index contributed by atoms with van der Waals surface area (Å²) in [6.07, 6.45) is 3.08. The molecule has 4 rings (SSSR count). The van der Waals surface area contributed by atoms with E-state index < -0.39 is 0 Å². The van der Waals surface area contributed by atoms with E-state index in [0.717, 1.165) is 24.9 Å². The predicted molar refractivity (Wildman–Crippen MR) is 139 cm³/mol. The van der Waals surface area contributed by atoms with Crippen molar-refractivity contribution in [3.05, 3.63) is 46.5 Å². The molecule has 35 heavy (non-hydrogen) atoms. The first kappa shape index (κ1) is 24.8. The number of aromatic nitrogens is 3. The molecule has 0 saturated carbocycles. The third-order valence-electron chi connectivity index (χ3n) is 6.02. The fourth-order valence-electron chi connectivity index (χ4n) is 4.18. The van der Waals surface area contributed by atoms with Gasteiger partial charge in [0.25, 0.3) is 5.56 Å². The Labute approximate surface area is 208 Å². The number of hydrogen-bond acceptors (Lipinski definition) is 7. The second-order valence-electron chi connectivity index (χ2n) is 9.60. The summed E-state index contributed by atoms with van der Waals surface area (Å²) < 4.78 is 1.71. The molecule has 2 N–H and O–H groups in total. The van der Waals surface area contributed by atoms with Crippen LogP contribution >= 0.6 is 11.3 Å². The highest BCUT2D eigenvalue weighted by Gasteiger charge is 2.28. The normalized spacial score (nSPS) is 16.2. The number of nitrogens with zero attached hydrogens (tertiary/aromatic N) is 4. The Balaban J connectivity index is 1.48. The van der Waals surface area contributed by atoms with Crippen molar-refractivity contribution in [2.24, 2.45) is 5.92 Å². The van der Waals surface area contributed by atoms with Crippen molar-refractivity contribution >= 4 is 44.3 Å². The number of amides is 2. The molecule has 186 valence electrons. The molecule has 2 aromatic heterocycles. The van der Waals surface area contributed by atoms with Crippen LogP contribution < -0.4 is 21.1 Å². The predicted octanol–water partition coefficient (Wildman–Crippen LogP) is 3.36. The Morgan fingerprint density at radius 2 is 2.03 bits per heavy atom. The molecular weight excluding hydrogens is 464 g/mol. The number of carbonyl (C=O) groups is 2. The van der Waals surface area contributed by atoms with Crippen LogP contribution in [0.5, 0.6) is 0 Å². The van der Waals surface area contributed by atoms with E-state index >= 15 is 0 Å². The van der Waals surface area contributed by atoms with Gasteiger partial charge in [-0.1, -0.05) is 37.3 Å². The molecule has 0 radical (unpaired) electrons. The third-order valence-corrected chi connectivity index (χ3v) is 7.11. The Hall–Kier alpha value is -3.27. The monoisotopic (exact) mass is 496 g/mol. The van der Waals surface area contributed by atoms with Gasteiger partial charge >= 0.3 is 0 Å². The quantitative estimate of drug-likeness (QED) is 0.519. The molecule has 1 saturated heterocycles. The Morgan fingerprint density at radius 1 is 1.23 bits per heavy atom. The van der Waals surface area contributed by atoms with Crippen LogP contribution in [-0.2, 0) is 16.1 Å². The van der Waals surface area contributed by atoms with Crippen molar-refractivity contribution in [1.82, 2.24) is 19.9 Å². The Morgan fingerprint density at radius 3 is 2.77 bits per heavy atom. The van der Waals surface area contributed by atoms with Crippen molar-refractivity contribution in [3.8, 4) is 0 Å². The summed E-state index contributed by atoms with van der Waals surface area (Å²) in [7, 11) is 0. The molecule has 0 aliphatic carbocycles. The molecule has 3 heterocycles. The molecule has 0 bridgehead atoms. The largest absolute Gasteiger partial charge is 0.354 e. The third kappa shape index (κ3) is 5.87. The van der Waals surface area contributed by atoms with Crippen molar-refractivity contribution in [2.45, 2.75) is 59.0 Å². The standard InChI is InChI=1S/C25H32N6O3S/c1-15(2)17-7-5-9-19(11-17)28-20(32)13-31-14-26-22-21(24(31)34)35-25(29-22)30-10-6-8-18(12-30)23(33)27-16(3)4/h5,7,9,11,14-16,18H,6,8,10,12-13H2,1-4H3,(H,27,33)(H,28,32)/t18-/m1/s1. The van der Waals surface area contributed by atoms with Crippen LogP contribution in [0, 0.1) is 5.92 Å². The van der Waals surface area contributed by atoms with Crippen LogP contribution in [0.3, 0.4) is 0 Å². The van der Waals surface area contributed by atoms with Crippen molar-refractivity contribution in [3.63, 3.8) is 0 Å². The maximum Gasteiger partial charge on any atom is 0.273 e. The van der Waals surface area contributed by atoms with Crippen LogP contribution in [-0.4, -0.2) is 45.5 Å². The van der Waals surface area contributed by atoms with E-state index in [4.69, 9.17) is 0 Å². The average Bonchev–Trinajstić information content (AvgIpc) is 3.26. The number of benzene rings is 1. The van der Waals surface area contributed by atoms with Crippen LogP contribution in [0.15, 0.2) is 35.4 Å². The van der Waals surface area contributed by atoms with Crippen molar-refractivity contribution in [2.75, 3.05) is 23.3 Å². The maximum atomic E-state index is 13.1. The number of anilines is 2. The van der Waals surface area contributed by atoms with E-state index in [2.05, 4.69) is 39.3 Å².